The van der Waals surface area contributed by atoms with Crippen LogP contribution in [0.5, 0.6) is 0 Å². The highest BCUT2D eigenvalue weighted by Gasteiger charge is 2.28. The first-order valence-corrected chi connectivity index (χ1v) is 7.53. The Morgan fingerprint density at radius 2 is 2.00 bits per heavy atom. The molecule has 1 aliphatic carbocycles. The number of aliphatic imine (C=N–C) groups is 1. The quantitative estimate of drug-likeness (QED) is 0.441. The van der Waals surface area contributed by atoms with Gasteiger partial charge < -0.3 is 10.6 Å². The van der Waals surface area contributed by atoms with Gasteiger partial charge in [-0.2, -0.15) is 11.8 Å². The van der Waals surface area contributed by atoms with Crippen molar-refractivity contribution in [2.24, 2.45) is 10.4 Å². The summed E-state index contributed by atoms with van der Waals surface area (Å²) in [4.78, 5) is 4.24. The number of rotatable bonds is 5. The van der Waals surface area contributed by atoms with Gasteiger partial charge in [-0.25, -0.2) is 0 Å². The molecule has 0 atom stereocenters. The molecule has 1 saturated carbocycles. The Kier molecular flexibility index (Phi) is 6.03. The van der Waals surface area contributed by atoms with Crippen molar-refractivity contribution in [2.45, 2.75) is 32.6 Å². The van der Waals surface area contributed by atoms with Gasteiger partial charge in [0, 0.05) is 25.9 Å². The highest BCUT2D eigenvalue weighted by molar-refractivity contribution is 7.98. The summed E-state index contributed by atoms with van der Waals surface area (Å²) in [5.74, 6) is 2.07. The summed E-state index contributed by atoms with van der Waals surface area (Å²) in [6.45, 7) is 4.41. The summed E-state index contributed by atoms with van der Waals surface area (Å²) in [6.07, 6.45) is 7.59. The largest absolute Gasteiger partial charge is 0.356 e. The fourth-order valence-corrected chi connectivity index (χ4v) is 2.50. The molecular weight excluding hydrogens is 218 g/mol. The molecule has 0 aliphatic heterocycles. The lowest BCUT2D eigenvalue weighted by molar-refractivity contribution is 0.334. The Balaban J connectivity index is 2.23. The van der Waals surface area contributed by atoms with Crippen LogP contribution in [0.3, 0.4) is 0 Å². The van der Waals surface area contributed by atoms with Gasteiger partial charge in [-0.1, -0.05) is 19.8 Å². The fraction of sp³-hybridized carbons (Fsp3) is 0.917. The predicted octanol–water partition coefficient (Wildman–Crippen LogP) is 2.09. The molecule has 0 aromatic carbocycles. The van der Waals surface area contributed by atoms with Crippen LogP contribution in [0.2, 0.25) is 0 Å². The van der Waals surface area contributed by atoms with Crippen LogP contribution in [0, 0.1) is 5.41 Å². The number of hydrogen-bond donors (Lipinski definition) is 2. The predicted molar refractivity (Wildman–Crippen MR) is 74.3 cm³/mol. The molecule has 16 heavy (non-hydrogen) atoms. The zero-order valence-electron chi connectivity index (χ0n) is 10.8. The SMILES string of the molecule is CN=C(NCCSC)NCC1(C)CCCC1. The van der Waals surface area contributed by atoms with E-state index in [1.807, 2.05) is 18.8 Å². The number of hydrogen-bond acceptors (Lipinski definition) is 2. The van der Waals surface area contributed by atoms with Gasteiger partial charge in [-0.15, -0.1) is 0 Å². The standard InChI is InChI=1S/C12H25N3S/c1-12(6-4-5-7-12)10-15-11(13-2)14-8-9-16-3/h4-10H2,1-3H3,(H2,13,14,15). The molecule has 0 aromatic rings. The van der Waals surface area contributed by atoms with Crippen molar-refractivity contribution < 1.29 is 0 Å². The molecule has 0 heterocycles. The Labute approximate surface area is 104 Å². The first-order chi connectivity index (χ1) is 7.70. The molecular formula is C12H25N3S. The highest BCUT2D eigenvalue weighted by Crippen LogP contribution is 2.36. The van der Waals surface area contributed by atoms with E-state index in [-0.39, 0.29) is 0 Å². The summed E-state index contributed by atoms with van der Waals surface area (Å²) in [5.41, 5.74) is 0.483. The van der Waals surface area contributed by atoms with E-state index in [4.69, 9.17) is 0 Å². The molecule has 4 heteroatoms. The van der Waals surface area contributed by atoms with E-state index in [1.165, 1.54) is 25.7 Å². The van der Waals surface area contributed by atoms with Crippen molar-refractivity contribution >= 4 is 17.7 Å². The van der Waals surface area contributed by atoms with E-state index < -0.39 is 0 Å². The first-order valence-electron chi connectivity index (χ1n) is 6.14. The molecule has 2 N–H and O–H groups in total. The monoisotopic (exact) mass is 243 g/mol. The van der Waals surface area contributed by atoms with Crippen molar-refractivity contribution in [1.82, 2.24) is 10.6 Å². The van der Waals surface area contributed by atoms with E-state index in [1.54, 1.807) is 0 Å². The van der Waals surface area contributed by atoms with Crippen molar-refractivity contribution in [3.63, 3.8) is 0 Å². The maximum Gasteiger partial charge on any atom is 0.191 e. The van der Waals surface area contributed by atoms with Gasteiger partial charge in [0.2, 0.25) is 0 Å². The smallest absolute Gasteiger partial charge is 0.191 e. The minimum absolute atomic E-state index is 0.483. The molecule has 1 aliphatic rings. The minimum Gasteiger partial charge on any atom is -0.356 e. The second-order valence-corrected chi connectivity index (χ2v) is 5.85. The van der Waals surface area contributed by atoms with Gasteiger partial charge in [0.1, 0.15) is 0 Å². The minimum atomic E-state index is 0.483. The van der Waals surface area contributed by atoms with Crippen LogP contribution in [-0.4, -0.2) is 38.1 Å². The van der Waals surface area contributed by atoms with Crippen LogP contribution in [0.25, 0.3) is 0 Å². The van der Waals surface area contributed by atoms with Crippen LogP contribution < -0.4 is 10.6 Å². The van der Waals surface area contributed by atoms with E-state index in [0.717, 1.165) is 24.8 Å². The van der Waals surface area contributed by atoms with Crippen molar-refractivity contribution in [3.05, 3.63) is 0 Å². The van der Waals surface area contributed by atoms with Crippen LogP contribution in [0.15, 0.2) is 4.99 Å². The summed E-state index contributed by atoms with van der Waals surface area (Å²) in [6, 6.07) is 0. The van der Waals surface area contributed by atoms with Gasteiger partial charge >= 0.3 is 0 Å². The lowest BCUT2D eigenvalue weighted by Crippen LogP contribution is -2.42. The molecule has 3 nitrogen and oxygen atoms in total. The van der Waals surface area contributed by atoms with Crippen molar-refractivity contribution in [2.75, 3.05) is 32.1 Å². The number of thioether (sulfide) groups is 1. The van der Waals surface area contributed by atoms with Crippen LogP contribution in [0.1, 0.15) is 32.6 Å². The number of nitrogens with one attached hydrogen (secondary N) is 2. The number of nitrogens with zero attached hydrogens (tertiary/aromatic N) is 1. The van der Waals surface area contributed by atoms with E-state index in [9.17, 15) is 0 Å². The second kappa shape index (κ2) is 7.05. The average Bonchev–Trinajstić information content (AvgIpc) is 2.71. The summed E-state index contributed by atoms with van der Waals surface area (Å²) >= 11 is 1.85. The molecule has 0 radical (unpaired) electrons. The fourth-order valence-electron chi connectivity index (χ4n) is 2.19. The molecule has 0 saturated heterocycles. The zero-order valence-corrected chi connectivity index (χ0v) is 11.6. The van der Waals surface area contributed by atoms with E-state index in [0.29, 0.717) is 5.41 Å². The molecule has 0 spiro atoms. The van der Waals surface area contributed by atoms with Crippen LogP contribution in [0.4, 0.5) is 0 Å². The molecule has 0 unspecified atom stereocenters. The van der Waals surface area contributed by atoms with Crippen molar-refractivity contribution in [1.29, 1.82) is 0 Å². The van der Waals surface area contributed by atoms with Gasteiger partial charge in [0.15, 0.2) is 5.96 Å². The second-order valence-electron chi connectivity index (χ2n) is 4.86. The van der Waals surface area contributed by atoms with E-state index >= 15 is 0 Å². The highest BCUT2D eigenvalue weighted by atomic mass is 32.2. The molecule has 1 fully saturated rings. The van der Waals surface area contributed by atoms with Crippen LogP contribution >= 0.6 is 11.8 Å². The third kappa shape index (κ3) is 4.64. The van der Waals surface area contributed by atoms with Gasteiger partial charge in [0.25, 0.3) is 0 Å². The maximum atomic E-state index is 4.24. The topological polar surface area (TPSA) is 36.4 Å². The molecule has 0 amide bonds. The zero-order chi connectivity index (χ0) is 11.9. The van der Waals surface area contributed by atoms with E-state index in [2.05, 4.69) is 28.8 Å². The third-order valence-electron chi connectivity index (χ3n) is 3.32. The average molecular weight is 243 g/mol. The summed E-state index contributed by atoms with van der Waals surface area (Å²) in [7, 11) is 1.84. The lowest BCUT2D eigenvalue weighted by atomic mass is 9.89. The Hall–Kier alpha value is -0.380. The number of guanidine groups is 1. The third-order valence-corrected chi connectivity index (χ3v) is 3.93. The molecule has 0 bridgehead atoms. The summed E-state index contributed by atoms with van der Waals surface area (Å²) < 4.78 is 0. The molecule has 94 valence electrons. The van der Waals surface area contributed by atoms with Gasteiger partial charge in [-0.3, -0.25) is 4.99 Å². The van der Waals surface area contributed by atoms with Crippen LogP contribution in [-0.2, 0) is 0 Å². The maximum absolute atomic E-state index is 4.24. The Bertz CT molecular complexity index is 222. The van der Waals surface area contributed by atoms with Gasteiger partial charge in [-0.05, 0) is 24.5 Å². The normalized spacial score (nSPS) is 19.8. The summed E-state index contributed by atoms with van der Waals surface area (Å²) in [5, 5.41) is 6.77. The Morgan fingerprint density at radius 3 is 2.56 bits per heavy atom. The first kappa shape index (κ1) is 13.7. The van der Waals surface area contributed by atoms with Gasteiger partial charge in [0.05, 0.1) is 0 Å². The molecule has 0 aromatic heterocycles. The lowest BCUT2D eigenvalue weighted by Gasteiger charge is -2.25. The van der Waals surface area contributed by atoms with Crippen molar-refractivity contribution in [3.8, 4) is 0 Å². The molecule has 1 rings (SSSR count). The Morgan fingerprint density at radius 1 is 1.31 bits per heavy atom.